The highest BCUT2D eigenvalue weighted by molar-refractivity contribution is 9.08. The standard InChI is InChI=1S/C13H12BrN/c14-15(13-9-5-2-6-10-13)11-12-7-3-1-4-8-12/h1-10H,11H2/q+1. The van der Waals surface area contributed by atoms with E-state index >= 15 is 0 Å². The number of para-hydroxylation sites is 1. The minimum atomic E-state index is 0.866. The second-order valence-corrected chi connectivity index (χ2v) is 4.20. The quantitative estimate of drug-likeness (QED) is 0.738. The molecule has 0 atom stereocenters. The maximum atomic E-state index is 3.56. The van der Waals surface area contributed by atoms with Crippen molar-refractivity contribution in [1.29, 1.82) is 0 Å². The normalized spacial score (nSPS) is 10.5. The average molecular weight is 262 g/mol. The van der Waals surface area contributed by atoms with Crippen LogP contribution in [0.15, 0.2) is 60.7 Å². The van der Waals surface area contributed by atoms with E-state index < -0.39 is 0 Å². The Bertz CT molecular complexity index is 399. The van der Waals surface area contributed by atoms with Crippen molar-refractivity contribution in [2.24, 2.45) is 0 Å². The van der Waals surface area contributed by atoms with Crippen molar-refractivity contribution in [1.82, 2.24) is 3.93 Å². The Labute approximate surface area is 98.7 Å². The maximum Gasteiger partial charge on any atom is 0.294 e. The molecule has 2 aromatic rings. The molecule has 15 heavy (non-hydrogen) atoms. The Hall–Kier alpha value is -1.12. The van der Waals surface area contributed by atoms with Gasteiger partial charge in [0.2, 0.25) is 0 Å². The average Bonchev–Trinajstić information content (AvgIpc) is 2.31. The van der Waals surface area contributed by atoms with Crippen molar-refractivity contribution in [3.63, 3.8) is 0 Å². The lowest BCUT2D eigenvalue weighted by molar-refractivity contribution is 0.807. The van der Waals surface area contributed by atoms with E-state index in [4.69, 9.17) is 0 Å². The first-order valence-electron chi connectivity index (χ1n) is 4.88. The van der Waals surface area contributed by atoms with Crippen LogP contribution in [-0.4, -0.2) is 0 Å². The van der Waals surface area contributed by atoms with Crippen LogP contribution in [0.4, 0.5) is 5.69 Å². The summed E-state index contributed by atoms with van der Waals surface area (Å²) in [7, 11) is 0. The number of benzene rings is 2. The highest BCUT2D eigenvalue weighted by Gasteiger charge is 2.15. The lowest BCUT2D eigenvalue weighted by atomic mass is 10.2. The van der Waals surface area contributed by atoms with Gasteiger partial charge < -0.3 is 0 Å². The van der Waals surface area contributed by atoms with E-state index in [2.05, 4.69) is 56.5 Å². The van der Waals surface area contributed by atoms with Gasteiger partial charge in [0.05, 0.1) is 0 Å². The smallest absolute Gasteiger partial charge is 0.0622 e. The fourth-order valence-electron chi connectivity index (χ4n) is 1.42. The lowest BCUT2D eigenvalue weighted by Crippen LogP contribution is -2.09. The maximum absolute atomic E-state index is 3.56. The van der Waals surface area contributed by atoms with Crippen LogP contribution >= 0.6 is 16.1 Å². The van der Waals surface area contributed by atoms with E-state index in [1.165, 1.54) is 11.3 Å². The molecule has 0 unspecified atom stereocenters. The molecular weight excluding hydrogens is 250 g/mol. The molecule has 0 fully saturated rings. The first-order chi connectivity index (χ1) is 7.36. The second-order valence-electron chi connectivity index (χ2n) is 3.34. The highest BCUT2D eigenvalue weighted by Crippen LogP contribution is 2.19. The molecule has 0 aromatic heterocycles. The van der Waals surface area contributed by atoms with Crippen LogP contribution in [0.3, 0.4) is 0 Å². The summed E-state index contributed by atoms with van der Waals surface area (Å²) in [6.45, 7) is 0.866. The molecule has 2 aromatic carbocycles. The molecular formula is C13H12BrN+. The van der Waals surface area contributed by atoms with Crippen LogP contribution in [0.25, 0.3) is 0 Å². The van der Waals surface area contributed by atoms with Crippen LogP contribution in [-0.2, 0) is 6.54 Å². The molecule has 0 amide bonds. The van der Waals surface area contributed by atoms with Crippen LogP contribution in [0.1, 0.15) is 5.56 Å². The largest absolute Gasteiger partial charge is 0.294 e. The van der Waals surface area contributed by atoms with Crippen LogP contribution in [0.5, 0.6) is 0 Å². The third-order valence-corrected chi connectivity index (χ3v) is 2.86. The Balaban J connectivity index is 2.08. The number of anilines is 1. The molecule has 0 aliphatic rings. The molecule has 0 aliphatic carbocycles. The molecule has 0 N–H and O–H groups in total. The molecule has 75 valence electrons. The molecule has 0 heterocycles. The predicted molar refractivity (Wildman–Crippen MR) is 67.3 cm³/mol. The van der Waals surface area contributed by atoms with E-state index in [1.54, 1.807) is 0 Å². The minimum Gasteiger partial charge on any atom is -0.0622 e. The van der Waals surface area contributed by atoms with Crippen molar-refractivity contribution < 1.29 is 0 Å². The van der Waals surface area contributed by atoms with E-state index in [0.717, 1.165) is 6.54 Å². The Morgan fingerprint density at radius 1 is 0.800 bits per heavy atom. The monoisotopic (exact) mass is 261 g/mol. The molecule has 1 nitrogen and oxygen atoms in total. The van der Waals surface area contributed by atoms with Crippen molar-refractivity contribution in [3.8, 4) is 0 Å². The molecule has 0 saturated carbocycles. The van der Waals surface area contributed by atoms with Crippen molar-refractivity contribution in [2.75, 3.05) is 0 Å². The van der Waals surface area contributed by atoms with Gasteiger partial charge in [-0.15, -0.1) is 0 Å². The summed E-state index contributed by atoms with van der Waals surface area (Å²) < 4.78 is 2.06. The molecule has 0 spiro atoms. The summed E-state index contributed by atoms with van der Waals surface area (Å²) in [5, 5.41) is 0. The second kappa shape index (κ2) is 5.10. The topological polar surface area (TPSA) is 5.90 Å². The first kappa shape index (κ1) is 10.4. The summed E-state index contributed by atoms with van der Waals surface area (Å²) >= 11 is 3.56. The zero-order chi connectivity index (χ0) is 10.5. The summed E-state index contributed by atoms with van der Waals surface area (Å²) in [5.74, 6) is 0. The fourth-order valence-corrected chi connectivity index (χ4v) is 1.95. The molecule has 0 aliphatic heterocycles. The van der Waals surface area contributed by atoms with Gasteiger partial charge in [-0.05, 0) is 0 Å². The van der Waals surface area contributed by atoms with Crippen molar-refractivity contribution in [2.45, 2.75) is 6.54 Å². The highest BCUT2D eigenvalue weighted by atomic mass is 79.9. The van der Waals surface area contributed by atoms with Gasteiger partial charge in [-0.25, -0.2) is 0 Å². The number of nitrogens with zero attached hydrogens (tertiary/aromatic N) is 1. The third-order valence-electron chi connectivity index (χ3n) is 2.20. The van der Waals surface area contributed by atoms with Gasteiger partial charge in [0.15, 0.2) is 12.2 Å². The van der Waals surface area contributed by atoms with Gasteiger partial charge in [-0.3, -0.25) is 0 Å². The van der Waals surface area contributed by atoms with Gasteiger partial charge >= 0.3 is 0 Å². The fraction of sp³-hybridized carbons (Fsp3) is 0.0769. The Morgan fingerprint density at radius 2 is 1.33 bits per heavy atom. The number of halogens is 1. The lowest BCUT2D eigenvalue weighted by Gasteiger charge is -2.02. The van der Waals surface area contributed by atoms with Crippen molar-refractivity contribution >= 4 is 21.8 Å². The summed E-state index contributed by atoms with van der Waals surface area (Å²) in [6.07, 6.45) is 0. The van der Waals surface area contributed by atoms with Gasteiger partial charge in [0, 0.05) is 17.7 Å². The molecule has 2 rings (SSSR count). The zero-order valence-corrected chi connectivity index (χ0v) is 9.89. The van der Waals surface area contributed by atoms with Crippen LogP contribution in [0, 0.1) is 0 Å². The van der Waals surface area contributed by atoms with Gasteiger partial charge in [-0.1, -0.05) is 52.5 Å². The summed E-state index contributed by atoms with van der Waals surface area (Å²) in [4.78, 5) is 0. The van der Waals surface area contributed by atoms with E-state index in [1.807, 2.05) is 24.3 Å². The Kier molecular flexibility index (Phi) is 3.54. The van der Waals surface area contributed by atoms with E-state index in [0.29, 0.717) is 0 Å². The minimum absolute atomic E-state index is 0.866. The first-order valence-corrected chi connectivity index (χ1v) is 5.59. The zero-order valence-electron chi connectivity index (χ0n) is 8.31. The number of hydrogen-bond acceptors (Lipinski definition) is 1. The van der Waals surface area contributed by atoms with Gasteiger partial charge in [0.25, 0.3) is 16.1 Å². The third kappa shape index (κ3) is 2.91. The van der Waals surface area contributed by atoms with Gasteiger partial charge in [0.1, 0.15) is 0 Å². The number of hydrogen-bond donors (Lipinski definition) is 0. The SMILES string of the molecule is Br[N+](Cc1ccccc1)c1ccccc1. The van der Waals surface area contributed by atoms with E-state index in [-0.39, 0.29) is 0 Å². The Morgan fingerprint density at radius 3 is 1.93 bits per heavy atom. The van der Waals surface area contributed by atoms with Gasteiger partial charge in [-0.2, -0.15) is 0 Å². The predicted octanol–water partition coefficient (Wildman–Crippen LogP) is 3.97. The molecule has 2 heteroatoms. The molecule has 1 radical (unpaired) electrons. The van der Waals surface area contributed by atoms with E-state index in [9.17, 15) is 0 Å². The summed E-state index contributed by atoms with van der Waals surface area (Å²) in [5.41, 5.74) is 2.46. The summed E-state index contributed by atoms with van der Waals surface area (Å²) in [6, 6.07) is 20.6. The molecule has 0 saturated heterocycles. The van der Waals surface area contributed by atoms with Crippen LogP contribution in [0.2, 0.25) is 0 Å². The molecule has 0 bridgehead atoms. The van der Waals surface area contributed by atoms with Crippen molar-refractivity contribution in [3.05, 3.63) is 66.2 Å². The number of rotatable bonds is 3. The van der Waals surface area contributed by atoms with Crippen LogP contribution < -0.4 is 3.93 Å².